The molecule has 0 bridgehead atoms. The van der Waals surface area contributed by atoms with Crippen LogP contribution in [0.25, 0.3) is 0 Å². The van der Waals surface area contributed by atoms with E-state index in [9.17, 15) is 4.39 Å². The number of hydrazine groups is 1. The molecule has 0 saturated heterocycles. The molecule has 0 aliphatic rings. The largest absolute Gasteiger partial charge is 0.296 e. The minimum atomic E-state index is -0.170. The van der Waals surface area contributed by atoms with Crippen molar-refractivity contribution in [2.45, 2.75) is 59.0 Å². The number of hydrogen-bond acceptors (Lipinski definition) is 3. The van der Waals surface area contributed by atoms with Gasteiger partial charge in [0.1, 0.15) is 5.82 Å². The summed E-state index contributed by atoms with van der Waals surface area (Å²) in [5, 5.41) is 0. The molecule has 21 heavy (non-hydrogen) atoms. The molecule has 1 unspecified atom stereocenters. The molecule has 3 nitrogen and oxygen atoms in total. The summed E-state index contributed by atoms with van der Waals surface area (Å²) in [5.74, 6) is 5.74. The zero-order valence-corrected chi connectivity index (χ0v) is 14.0. The molecule has 0 aromatic heterocycles. The van der Waals surface area contributed by atoms with Gasteiger partial charge in [0, 0.05) is 5.54 Å². The molecule has 1 aromatic rings. The first-order chi connectivity index (χ1) is 10.00. The van der Waals surface area contributed by atoms with Crippen molar-refractivity contribution in [3.8, 4) is 0 Å². The van der Waals surface area contributed by atoms with E-state index in [1.54, 1.807) is 6.92 Å². The number of nitrogens with two attached hydrogens (primary N) is 1. The smallest absolute Gasteiger partial charge is 0.126 e. The van der Waals surface area contributed by atoms with Crippen molar-refractivity contribution in [1.29, 1.82) is 0 Å². The Morgan fingerprint density at radius 1 is 1.19 bits per heavy atom. The van der Waals surface area contributed by atoms with Gasteiger partial charge < -0.3 is 0 Å². The number of nitrogens with zero attached hydrogens (tertiary/aromatic N) is 1. The molecule has 0 aliphatic carbocycles. The maximum atomic E-state index is 13.6. The van der Waals surface area contributed by atoms with Crippen molar-refractivity contribution < 1.29 is 4.39 Å². The lowest BCUT2D eigenvalue weighted by Crippen LogP contribution is -2.57. The average molecular weight is 295 g/mol. The number of rotatable bonds is 8. The first-order valence-electron chi connectivity index (χ1n) is 7.97. The molecule has 4 heteroatoms. The Kier molecular flexibility index (Phi) is 6.78. The predicted octanol–water partition coefficient (Wildman–Crippen LogP) is 3.54. The van der Waals surface area contributed by atoms with Crippen molar-refractivity contribution in [2.75, 3.05) is 13.1 Å². The molecular formula is C17H30FN3. The van der Waals surface area contributed by atoms with Gasteiger partial charge in [0.2, 0.25) is 0 Å². The van der Waals surface area contributed by atoms with E-state index >= 15 is 0 Å². The van der Waals surface area contributed by atoms with E-state index in [0.717, 1.165) is 31.5 Å². The highest BCUT2D eigenvalue weighted by atomic mass is 19.1. The highest BCUT2D eigenvalue weighted by molar-refractivity contribution is 5.29. The van der Waals surface area contributed by atoms with Gasteiger partial charge in [0.05, 0.1) is 6.04 Å². The van der Waals surface area contributed by atoms with Gasteiger partial charge in [-0.3, -0.25) is 16.2 Å². The van der Waals surface area contributed by atoms with Gasteiger partial charge in [-0.05, 0) is 50.0 Å². The van der Waals surface area contributed by atoms with Gasteiger partial charge in [-0.1, -0.05) is 39.8 Å². The molecule has 1 atom stereocenters. The molecule has 0 spiro atoms. The van der Waals surface area contributed by atoms with E-state index in [1.165, 1.54) is 6.07 Å². The molecule has 0 heterocycles. The van der Waals surface area contributed by atoms with Crippen LogP contribution in [0.1, 0.15) is 57.7 Å². The van der Waals surface area contributed by atoms with Gasteiger partial charge in [0.15, 0.2) is 0 Å². The first-order valence-corrected chi connectivity index (χ1v) is 7.97. The van der Waals surface area contributed by atoms with Gasteiger partial charge in [-0.25, -0.2) is 4.39 Å². The first kappa shape index (κ1) is 18.1. The van der Waals surface area contributed by atoms with E-state index in [1.807, 2.05) is 12.1 Å². The van der Waals surface area contributed by atoms with E-state index in [4.69, 9.17) is 5.84 Å². The third-order valence-electron chi connectivity index (χ3n) is 4.84. The molecule has 1 rings (SSSR count). The van der Waals surface area contributed by atoms with Crippen LogP contribution < -0.4 is 11.3 Å². The van der Waals surface area contributed by atoms with Crippen LogP contribution in [-0.2, 0) is 0 Å². The van der Waals surface area contributed by atoms with Gasteiger partial charge in [-0.2, -0.15) is 0 Å². The summed E-state index contributed by atoms with van der Waals surface area (Å²) in [4.78, 5) is 2.45. The van der Waals surface area contributed by atoms with Gasteiger partial charge in [-0.15, -0.1) is 0 Å². The number of benzene rings is 1. The van der Waals surface area contributed by atoms with E-state index in [2.05, 4.69) is 38.0 Å². The van der Waals surface area contributed by atoms with Gasteiger partial charge in [0.25, 0.3) is 0 Å². The lowest BCUT2D eigenvalue weighted by Gasteiger charge is -2.48. The zero-order chi connectivity index (χ0) is 16.0. The number of aryl methyl sites for hydroxylation is 1. The van der Waals surface area contributed by atoms with Crippen molar-refractivity contribution in [2.24, 2.45) is 5.84 Å². The van der Waals surface area contributed by atoms with E-state index in [0.29, 0.717) is 5.56 Å². The van der Waals surface area contributed by atoms with Crippen molar-refractivity contribution in [3.63, 3.8) is 0 Å². The Balaban J connectivity index is 3.33. The molecule has 0 radical (unpaired) electrons. The summed E-state index contributed by atoms with van der Waals surface area (Å²) < 4.78 is 13.6. The van der Waals surface area contributed by atoms with Crippen LogP contribution in [0, 0.1) is 12.7 Å². The lowest BCUT2D eigenvalue weighted by atomic mass is 9.79. The molecule has 0 aliphatic heterocycles. The number of likely N-dealkylation sites (N-methyl/N-ethyl adjacent to an activating group) is 1. The van der Waals surface area contributed by atoms with E-state index < -0.39 is 0 Å². The standard InChI is InChI=1S/C17H30FN3/c1-6-17(7-2,21(8-3)9-4)16(20-19)14-10-11-15(18)13(5)12-14/h10-12,16,20H,6-9,19H2,1-5H3. The Labute approximate surface area is 128 Å². The predicted molar refractivity (Wildman–Crippen MR) is 87.4 cm³/mol. The topological polar surface area (TPSA) is 41.3 Å². The van der Waals surface area contributed by atoms with Crippen LogP contribution in [0.15, 0.2) is 18.2 Å². The third-order valence-corrected chi connectivity index (χ3v) is 4.84. The minimum absolute atomic E-state index is 0.0216. The highest BCUT2D eigenvalue weighted by Gasteiger charge is 2.40. The second-order valence-corrected chi connectivity index (χ2v) is 5.59. The minimum Gasteiger partial charge on any atom is -0.296 e. The van der Waals surface area contributed by atoms with Crippen molar-refractivity contribution in [3.05, 3.63) is 35.1 Å². The normalized spacial score (nSPS) is 13.7. The maximum Gasteiger partial charge on any atom is 0.126 e. The van der Waals surface area contributed by atoms with Crippen LogP contribution in [0.2, 0.25) is 0 Å². The summed E-state index contributed by atoms with van der Waals surface area (Å²) in [6.45, 7) is 12.5. The van der Waals surface area contributed by atoms with Crippen LogP contribution in [0.3, 0.4) is 0 Å². The molecule has 0 fully saturated rings. The van der Waals surface area contributed by atoms with Crippen LogP contribution >= 0.6 is 0 Å². The summed E-state index contributed by atoms with van der Waals surface area (Å²) in [6, 6.07) is 5.26. The summed E-state index contributed by atoms with van der Waals surface area (Å²) in [5.41, 5.74) is 4.63. The Morgan fingerprint density at radius 2 is 1.76 bits per heavy atom. The Bertz CT molecular complexity index is 440. The van der Waals surface area contributed by atoms with Gasteiger partial charge >= 0.3 is 0 Å². The number of halogens is 1. The monoisotopic (exact) mass is 295 g/mol. The molecule has 1 aromatic carbocycles. The second-order valence-electron chi connectivity index (χ2n) is 5.59. The summed E-state index contributed by atoms with van der Waals surface area (Å²) in [6.07, 6.45) is 1.97. The fraction of sp³-hybridized carbons (Fsp3) is 0.647. The van der Waals surface area contributed by atoms with Crippen LogP contribution in [-0.4, -0.2) is 23.5 Å². The molecule has 120 valence electrons. The Morgan fingerprint density at radius 3 is 2.14 bits per heavy atom. The third kappa shape index (κ3) is 3.44. The Hall–Kier alpha value is -0.970. The summed E-state index contributed by atoms with van der Waals surface area (Å²) in [7, 11) is 0. The van der Waals surface area contributed by atoms with Crippen molar-refractivity contribution >= 4 is 0 Å². The number of hydrogen-bond donors (Lipinski definition) is 2. The molecule has 3 N–H and O–H groups in total. The van der Waals surface area contributed by atoms with Crippen LogP contribution in [0.4, 0.5) is 4.39 Å². The maximum absolute atomic E-state index is 13.6. The number of nitrogens with one attached hydrogen (secondary N) is 1. The SMILES string of the molecule is CCN(CC)C(CC)(CC)C(NN)c1ccc(F)c(C)c1. The summed E-state index contributed by atoms with van der Waals surface area (Å²) >= 11 is 0. The van der Waals surface area contributed by atoms with Crippen LogP contribution in [0.5, 0.6) is 0 Å². The van der Waals surface area contributed by atoms with E-state index in [-0.39, 0.29) is 17.4 Å². The fourth-order valence-electron chi connectivity index (χ4n) is 3.55. The molecule has 0 saturated carbocycles. The second kappa shape index (κ2) is 7.87. The quantitative estimate of drug-likeness (QED) is 0.569. The highest BCUT2D eigenvalue weighted by Crippen LogP contribution is 2.37. The average Bonchev–Trinajstić information content (AvgIpc) is 2.50. The van der Waals surface area contributed by atoms with Crippen molar-refractivity contribution in [1.82, 2.24) is 10.3 Å². The molecule has 0 amide bonds. The molecular weight excluding hydrogens is 265 g/mol. The lowest BCUT2D eigenvalue weighted by molar-refractivity contribution is 0.0487. The zero-order valence-electron chi connectivity index (χ0n) is 14.0. The fourth-order valence-corrected chi connectivity index (χ4v) is 3.55.